The number of aryl methyl sites for hydroxylation is 1. The molecule has 5 nitrogen and oxygen atoms in total. The first-order valence-corrected chi connectivity index (χ1v) is 10.9. The molecule has 0 fully saturated rings. The van der Waals surface area contributed by atoms with Crippen molar-refractivity contribution in [2.45, 2.75) is 23.1 Å². The van der Waals surface area contributed by atoms with E-state index in [2.05, 4.69) is 10.0 Å². The van der Waals surface area contributed by atoms with Crippen LogP contribution < -0.4 is 10.0 Å². The summed E-state index contributed by atoms with van der Waals surface area (Å²) in [5, 5.41) is 3.37. The van der Waals surface area contributed by atoms with E-state index in [1.54, 1.807) is 24.3 Å². The number of amides is 1. The number of carbonyl (C=O) groups excluding carboxylic acids is 1. The molecule has 0 saturated carbocycles. The van der Waals surface area contributed by atoms with Gasteiger partial charge >= 0.3 is 0 Å². The van der Waals surface area contributed by atoms with Crippen molar-refractivity contribution in [3.05, 3.63) is 59.1 Å². The summed E-state index contributed by atoms with van der Waals surface area (Å²) < 4.78 is 26.7. The Morgan fingerprint density at radius 2 is 1.77 bits per heavy atom. The smallest absolute Gasteiger partial charge is 0.240 e. The predicted octanol–water partition coefficient (Wildman–Crippen LogP) is 3.23. The molecule has 0 atom stereocenters. The van der Waals surface area contributed by atoms with E-state index < -0.39 is 10.0 Å². The standard InChI is InChI=1S/C18H21ClN2O3S2/c1-14-6-8-15(9-7-14)26(23,24)21-12-11-20-18(22)10-13-25-17-5-3-2-4-16(17)19/h2-9,21H,10-13H2,1H3,(H,20,22). The van der Waals surface area contributed by atoms with E-state index in [0.29, 0.717) is 17.2 Å². The highest BCUT2D eigenvalue weighted by molar-refractivity contribution is 7.99. The van der Waals surface area contributed by atoms with Gasteiger partial charge in [0, 0.05) is 30.2 Å². The second-order valence-electron chi connectivity index (χ2n) is 5.59. The largest absolute Gasteiger partial charge is 0.355 e. The van der Waals surface area contributed by atoms with Gasteiger partial charge in [0.15, 0.2) is 0 Å². The highest BCUT2D eigenvalue weighted by atomic mass is 35.5. The van der Waals surface area contributed by atoms with Gasteiger partial charge in [-0.2, -0.15) is 0 Å². The highest BCUT2D eigenvalue weighted by Gasteiger charge is 2.12. The van der Waals surface area contributed by atoms with Gasteiger partial charge in [-0.3, -0.25) is 4.79 Å². The van der Waals surface area contributed by atoms with Gasteiger partial charge in [-0.25, -0.2) is 13.1 Å². The number of carbonyl (C=O) groups is 1. The van der Waals surface area contributed by atoms with Crippen molar-refractivity contribution < 1.29 is 13.2 Å². The van der Waals surface area contributed by atoms with Crippen LogP contribution in [-0.2, 0) is 14.8 Å². The van der Waals surface area contributed by atoms with Gasteiger partial charge in [-0.05, 0) is 31.2 Å². The Morgan fingerprint density at radius 3 is 2.46 bits per heavy atom. The van der Waals surface area contributed by atoms with Crippen LogP contribution in [0.2, 0.25) is 5.02 Å². The molecular weight excluding hydrogens is 392 g/mol. The number of rotatable bonds is 9. The maximum absolute atomic E-state index is 12.1. The molecule has 0 aromatic heterocycles. The number of nitrogens with one attached hydrogen (secondary N) is 2. The summed E-state index contributed by atoms with van der Waals surface area (Å²) in [6.07, 6.45) is 0.334. The van der Waals surface area contributed by atoms with Gasteiger partial charge in [0.05, 0.1) is 9.92 Å². The second-order valence-corrected chi connectivity index (χ2v) is 8.90. The second kappa shape index (κ2) is 9.97. The van der Waals surface area contributed by atoms with Crippen LogP contribution in [0.1, 0.15) is 12.0 Å². The Hall–Kier alpha value is -1.54. The van der Waals surface area contributed by atoms with E-state index >= 15 is 0 Å². The molecule has 0 aliphatic heterocycles. The molecule has 0 radical (unpaired) electrons. The van der Waals surface area contributed by atoms with Crippen molar-refractivity contribution in [2.24, 2.45) is 0 Å². The number of thioether (sulfide) groups is 1. The monoisotopic (exact) mass is 412 g/mol. The van der Waals surface area contributed by atoms with E-state index in [-0.39, 0.29) is 23.9 Å². The third-order valence-corrected chi connectivity index (χ3v) is 6.49. The van der Waals surface area contributed by atoms with E-state index in [1.165, 1.54) is 11.8 Å². The zero-order valence-electron chi connectivity index (χ0n) is 14.4. The van der Waals surface area contributed by atoms with Gasteiger partial charge in [-0.15, -0.1) is 11.8 Å². The van der Waals surface area contributed by atoms with Gasteiger partial charge in [0.25, 0.3) is 0 Å². The van der Waals surface area contributed by atoms with E-state index in [9.17, 15) is 13.2 Å². The van der Waals surface area contributed by atoms with Crippen LogP contribution in [-0.4, -0.2) is 33.2 Å². The van der Waals surface area contributed by atoms with Crippen LogP contribution in [0.25, 0.3) is 0 Å². The Labute approximate surface area is 163 Å². The number of sulfonamides is 1. The van der Waals surface area contributed by atoms with Crippen molar-refractivity contribution in [1.29, 1.82) is 0 Å². The average molecular weight is 413 g/mol. The fraction of sp³-hybridized carbons (Fsp3) is 0.278. The number of hydrogen-bond donors (Lipinski definition) is 2. The molecule has 1 amide bonds. The van der Waals surface area contributed by atoms with Crippen LogP contribution in [0.4, 0.5) is 0 Å². The molecule has 0 unspecified atom stereocenters. The molecular formula is C18H21ClN2O3S2. The Balaban J connectivity index is 1.67. The van der Waals surface area contributed by atoms with Crippen LogP contribution in [0.5, 0.6) is 0 Å². The topological polar surface area (TPSA) is 75.3 Å². The average Bonchev–Trinajstić information content (AvgIpc) is 2.61. The number of hydrogen-bond acceptors (Lipinski definition) is 4. The first-order valence-electron chi connectivity index (χ1n) is 8.09. The SMILES string of the molecule is Cc1ccc(S(=O)(=O)NCCNC(=O)CCSc2ccccc2Cl)cc1. The summed E-state index contributed by atoms with van der Waals surface area (Å²) in [7, 11) is -3.55. The first kappa shape index (κ1) is 20.8. The molecule has 0 aliphatic rings. The molecule has 2 aromatic carbocycles. The van der Waals surface area contributed by atoms with E-state index in [1.807, 2.05) is 31.2 Å². The fourth-order valence-corrected chi connectivity index (χ4v) is 4.31. The van der Waals surface area contributed by atoms with Crippen molar-refractivity contribution in [3.8, 4) is 0 Å². The third-order valence-electron chi connectivity index (χ3n) is 3.49. The molecule has 8 heteroatoms. The zero-order chi connectivity index (χ0) is 19.0. The van der Waals surface area contributed by atoms with Crippen molar-refractivity contribution >= 4 is 39.3 Å². The lowest BCUT2D eigenvalue weighted by Gasteiger charge is -2.08. The highest BCUT2D eigenvalue weighted by Crippen LogP contribution is 2.26. The quantitative estimate of drug-likeness (QED) is 0.489. The molecule has 0 aliphatic carbocycles. The van der Waals surface area contributed by atoms with Crippen molar-refractivity contribution in [1.82, 2.24) is 10.0 Å². The lowest BCUT2D eigenvalue weighted by Crippen LogP contribution is -2.34. The van der Waals surface area contributed by atoms with Crippen LogP contribution in [0, 0.1) is 6.92 Å². The van der Waals surface area contributed by atoms with Crippen LogP contribution in [0.3, 0.4) is 0 Å². The first-order chi connectivity index (χ1) is 12.4. The molecule has 0 spiro atoms. The minimum atomic E-state index is -3.55. The maximum Gasteiger partial charge on any atom is 0.240 e. The predicted molar refractivity (Wildman–Crippen MR) is 106 cm³/mol. The summed E-state index contributed by atoms with van der Waals surface area (Å²) in [5.74, 6) is 0.476. The minimum absolute atomic E-state index is 0.126. The lowest BCUT2D eigenvalue weighted by atomic mass is 10.2. The third kappa shape index (κ3) is 6.64. The normalized spacial score (nSPS) is 11.3. The van der Waals surface area contributed by atoms with Crippen molar-refractivity contribution in [3.63, 3.8) is 0 Å². The minimum Gasteiger partial charge on any atom is -0.355 e. The molecule has 0 bridgehead atoms. The Kier molecular flexibility index (Phi) is 7.96. The summed E-state index contributed by atoms with van der Waals surface area (Å²) in [5.41, 5.74) is 0.992. The molecule has 0 saturated heterocycles. The summed E-state index contributed by atoms with van der Waals surface area (Å²) >= 11 is 7.57. The number of benzene rings is 2. The van der Waals surface area contributed by atoms with Crippen molar-refractivity contribution in [2.75, 3.05) is 18.8 Å². The lowest BCUT2D eigenvalue weighted by molar-refractivity contribution is -0.120. The van der Waals surface area contributed by atoms with E-state index in [0.717, 1.165) is 10.5 Å². The maximum atomic E-state index is 12.1. The summed E-state index contributed by atoms with van der Waals surface area (Å²) in [4.78, 5) is 13.0. The Morgan fingerprint density at radius 1 is 1.08 bits per heavy atom. The molecule has 2 N–H and O–H groups in total. The van der Waals surface area contributed by atoms with Gasteiger partial charge in [0.2, 0.25) is 15.9 Å². The van der Waals surface area contributed by atoms with Gasteiger partial charge in [0.1, 0.15) is 0 Å². The van der Waals surface area contributed by atoms with Gasteiger partial charge in [-0.1, -0.05) is 41.4 Å². The molecule has 2 rings (SSSR count). The Bertz CT molecular complexity index is 840. The van der Waals surface area contributed by atoms with E-state index in [4.69, 9.17) is 11.6 Å². The molecule has 0 heterocycles. The summed E-state index contributed by atoms with van der Waals surface area (Å²) in [6, 6.07) is 14.1. The fourth-order valence-electron chi connectivity index (χ4n) is 2.09. The molecule has 140 valence electrons. The number of halogens is 1. The van der Waals surface area contributed by atoms with Crippen LogP contribution in [0.15, 0.2) is 58.3 Å². The molecule has 2 aromatic rings. The zero-order valence-corrected chi connectivity index (χ0v) is 16.8. The van der Waals surface area contributed by atoms with Crippen LogP contribution >= 0.6 is 23.4 Å². The molecule has 26 heavy (non-hydrogen) atoms. The summed E-state index contributed by atoms with van der Waals surface area (Å²) in [6.45, 7) is 2.27. The van der Waals surface area contributed by atoms with Gasteiger partial charge < -0.3 is 5.32 Å².